The van der Waals surface area contributed by atoms with Gasteiger partial charge in [0.2, 0.25) is 0 Å². The molecule has 2 nitrogen and oxygen atoms in total. The molecule has 4 atom stereocenters. The third-order valence-corrected chi connectivity index (χ3v) is 6.44. The van der Waals surface area contributed by atoms with Crippen LogP contribution in [0.4, 0.5) is 0 Å². The summed E-state index contributed by atoms with van der Waals surface area (Å²) in [6.07, 6.45) is 0.927. The normalized spacial score (nSPS) is 17.7. The van der Waals surface area contributed by atoms with Crippen molar-refractivity contribution in [2.24, 2.45) is 5.92 Å². The first-order valence-corrected chi connectivity index (χ1v) is 8.98. The number of hydrogen-bond donors (Lipinski definition) is 1. The van der Waals surface area contributed by atoms with Crippen molar-refractivity contribution in [3.8, 4) is 0 Å². The fraction of sp³-hybridized carbons (Fsp3) is 0.647. The van der Waals surface area contributed by atoms with Crippen LogP contribution < -0.4 is 5.32 Å². The number of hydrogen-bond acceptors (Lipinski definition) is 2. The van der Waals surface area contributed by atoms with E-state index in [-0.39, 0.29) is 16.5 Å². The topological polar surface area (TPSA) is 29.1 Å². The van der Waals surface area contributed by atoms with E-state index in [2.05, 4.69) is 64.2 Å². The zero-order valence-electron chi connectivity index (χ0n) is 13.4. The molecule has 1 N–H and O–H groups in total. The van der Waals surface area contributed by atoms with Crippen molar-refractivity contribution in [2.45, 2.75) is 57.6 Å². The third-order valence-electron chi connectivity index (χ3n) is 3.96. The summed E-state index contributed by atoms with van der Waals surface area (Å²) in [5.41, 5.74) is 1.24. The molecule has 0 fully saturated rings. The van der Waals surface area contributed by atoms with E-state index in [9.17, 15) is 4.21 Å². The maximum absolute atomic E-state index is 12.9. The first kappa shape index (κ1) is 17.4. The summed E-state index contributed by atoms with van der Waals surface area (Å²) in [4.78, 5) is 0. The minimum absolute atomic E-state index is 0.162. The average Bonchev–Trinajstić information content (AvgIpc) is 2.46. The fourth-order valence-corrected chi connectivity index (χ4v) is 4.36. The molecule has 0 heterocycles. The van der Waals surface area contributed by atoms with Crippen LogP contribution in [0.2, 0.25) is 0 Å². The van der Waals surface area contributed by atoms with Gasteiger partial charge in [-0.05, 0) is 24.4 Å². The Hall–Kier alpha value is -0.670. The molecule has 0 amide bonds. The van der Waals surface area contributed by atoms with Crippen LogP contribution in [-0.2, 0) is 10.8 Å². The van der Waals surface area contributed by atoms with Gasteiger partial charge >= 0.3 is 0 Å². The van der Waals surface area contributed by atoms with Gasteiger partial charge in [-0.3, -0.25) is 4.21 Å². The standard InChI is InChI=1S/C17H29NOS/c1-6-16(20(19)14(5)13(3)4)17(18-7-2)15-11-9-8-10-12-15/h8-14,16-18H,6-7H2,1-5H3. The Morgan fingerprint density at radius 3 is 2.15 bits per heavy atom. The van der Waals surface area contributed by atoms with Crippen molar-refractivity contribution in [1.29, 1.82) is 0 Å². The maximum atomic E-state index is 12.9. The van der Waals surface area contributed by atoms with Crippen LogP contribution in [0.1, 0.15) is 52.6 Å². The molecule has 0 saturated heterocycles. The van der Waals surface area contributed by atoms with E-state index < -0.39 is 10.8 Å². The fourth-order valence-electron chi connectivity index (χ4n) is 2.42. The van der Waals surface area contributed by atoms with Gasteiger partial charge in [0.05, 0.1) is 5.25 Å². The third kappa shape index (κ3) is 4.42. The summed E-state index contributed by atoms with van der Waals surface area (Å²) in [6, 6.07) is 10.6. The quantitative estimate of drug-likeness (QED) is 0.788. The second-order valence-electron chi connectivity index (χ2n) is 5.67. The van der Waals surface area contributed by atoms with Crippen molar-refractivity contribution < 1.29 is 4.21 Å². The molecule has 0 aliphatic heterocycles. The second kappa shape index (κ2) is 8.58. The van der Waals surface area contributed by atoms with Crippen molar-refractivity contribution in [2.75, 3.05) is 6.54 Å². The first-order valence-electron chi connectivity index (χ1n) is 7.70. The summed E-state index contributed by atoms with van der Waals surface area (Å²) >= 11 is 0. The van der Waals surface area contributed by atoms with E-state index >= 15 is 0 Å². The van der Waals surface area contributed by atoms with E-state index in [0.717, 1.165) is 13.0 Å². The van der Waals surface area contributed by atoms with E-state index in [1.54, 1.807) is 0 Å². The molecule has 1 aromatic carbocycles. The molecule has 20 heavy (non-hydrogen) atoms. The molecule has 3 heteroatoms. The molecule has 0 radical (unpaired) electrons. The summed E-state index contributed by atoms with van der Waals surface area (Å²) in [5.74, 6) is 0.447. The van der Waals surface area contributed by atoms with Gasteiger partial charge in [-0.25, -0.2) is 0 Å². The van der Waals surface area contributed by atoms with Gasteiger partial charge in [-0.15, -0.1) is 0 Å². The second-order valence-corrected chi connectivity index (χ2v) is 7.68. The Bertz CT molecular complexity index is 405. The number of nitrogens with one attached hydrogen (secondary N) is 1. The van der Waals surface area contributed by atoms with Crippen LogP contribution in [0.3, 0.4) is 0 Å². The molecule has 4 unspecified atom stereocenters. The highest BCUT2D eigenvalue weighted by Gasteiger charge is 2.30. The van der Waals surface area contributed by atoms with E-state index in [0.29, 0.717) is 5.92 Å². The minimum atomic E-state index is -0.827. The predicted molar refractivity (Wildman–Crippen MR) is 89.4 cm³/mol. The molecule has 1 aromatic rings. The lowest BCUT2D eigenvalue weighted by Crippen LogP contribution is -2.38. The minimum Gasteiger partial charge on any atom is -0.309 e. The van der Waals surface area contributed by atoms with Crippen molar-refractivity contribution in [1.82, 2.24) is 5.32 Å². The van der Waals surface area contributed by atoms with Crippen LogP contribution >= 0.6 is 0 Å². The molecule has 0 aromatic heterocycles. The van der Waals surface area contributed by atoms with Gasteiger partial charge in [0.25, 0.3) is 0 Å². The summed E-state index contributed by atoms with van der Waals surface area (Å²) in [6.45, 7) is 11.6. The zero-order chi connectivity index (χ0) is 15.1. The Balaban J connectivity index is 3.01. The lowest BCUT2D eigenvalue weighted by molar-refractivity contribution is 0.500. The molecule has 0 spiro atoms. The van der Waals surface area contributed by atoms with Gasteiger partial charge in [0.15, 0.2) is 0 Å². The first-order chi connectivity index (χ1) is 9.52. The molecule has 0 bridgehead atoms. The smallest absolute Gasteiger partial charge is 0.0543 e. The molecular weight excluding hydrogens is 266 g/mol. The van der Waals surface area contributed by atoms with Gasteiger partial charge in [0, 0.05) is 22.1 Å². The molecule has 1 rings (SSSR count). The summed E-state index contributed by atoms with van der Waals surface area (Å²) in [5, 5.41) is 3.92. The van der Waals surface area contributed by atoms with Gasteiger partial charge in [-0.1, -0.05) is 65.0 Å². The Labute approximate surface area is 126 Å². The molecule has 0 aliphatic carbocycles. The van der Waals surface area contributed by atoms with Crippen molar-refractivity contribution in [3.05, 3.63) is 35.9 Å². The van der Waals surface area contributed by atoms with Crippen LogP contribution in [0, 0.1) is 5.92 Å². The number of rotatable bonds is 8. The highest BCUT2D eigenvalue weighted by Crippen LogP contribution is 2.26. The Kier molecular flexibility index (Phi) is 7.46. The predicted octanol–water partition coefficient (Wildman–Crippen LogP) is 3.91. The van der Waals surface area contributed by atoms with Crippen LogP contribution in [0.15, 0.2) is 30.3 Å². The summed E-state index contributed by atoms with van der Waals surface area (Å²) < 4.78 is 12.9. The van der Waals surface area contributed by atoms with Gasteiger partial charge in [0.1, 0.15) is 0 Å². The molecule has 0 saturated carbocycles. The lowest BCUT2D eigenvalue weighted by Gasteiger charge is -2.30. The molecule has 0 aliphatic rings. The summed E-state index contributed by atoms with van der Waals surface area (Å²) in [7, 11) is -0.827. The van der Waals surface area contributed by atoms with Crippen molar-refractivity contribution in [3.63, 3.8) is 0 Å². The zero-order valence-corrected chi connectivity index (χ0v) is 14.2. The average molecular weight is 295 g/mol. The Morgan fingerprint density at radius 2 is 1.70 bits per heavy atom. The van der Waals surface area contributed by atoms with E-state index in [1.165, 1.54) is 5.56 Å². The number of benzene rings is 1. The van der Waals surface area contributed by atoms with Crippen LogP contribution in [0.5, 0.6) is 0 Å². The van der Waals surface area contributed by atoms with Gasteiger partial charge < -0.3 is 5.32 Å². The van der Waals surface area contributed by atoms with E-state index in [4.69, 9.17) is 0 Å². The Morgan fingerprint density at radius 1 is 1.10 bits per heavy atom. The highest BCUT2D eigenvalue weighted by atomic mass is 32.2. The van der Waals surface area contributed by atoms with Crippen molar-refractivity contribution >= 4 is 10.8 Å². The van der Waals surface area contributed by atoms with Crippen LogP contribution in [0.25, 0.3) is 0 Å². The maximum Gasteiger partial charge on any atom is 0.0543 e. The van der Waals surface area contributed by atoms with E-state index in [1.807, 2.05) is 6.07 Å². The molecule has 114 valence electrons. The highest BCUT2D eigenvalue weighted by molar-refractivity contribution is 7.86. The van der Waals surface area contributed by atoms with Gasteiger partial charge in [-0.2, -0.15) is 0 Å². The monoisotopic (exact) mass is 295 g/mol. The SMILES string of the molecule is CCNC(c1ccccc1)C(CC)S(=O)C(C)C(C)C. The largest absolute Gasteiger partial charge is 0.309 e. The van der Waals surface area contributed by atoms with Crippen LogP contribution in [-0.4, -0.2) is 21.3 Å². The lowest BCUT2D eigenvalue weighted by atomic mass is 10.0. The molecular formula is C17H29NOS.